The molecule has 1 aromatic rings. The van der Waals surface area contributed by atoms with E-state index in [2.05, 4.69) is 0 Å². The zero-order valence-electron chi connectivity index (χ0n) is 8.68. The van der Waals surface area contributed by atoms with Crippen molar-refractivity contribution in [3.63, 3.8) is 0 Å². The highest BCUT2D eigenvalue weighted by molar-refractivity contribution is 5.85. The van der Waals surface area contributed by atoms with E-state index >= 15 is 0 Å². The molecule has 0 radical (unpaired) electrons. The molecule has 5 N–H and O–H groups in total. The summed E-state index contributed by atoms with van der Waals surface area (Å²) in [7, 11) is 0. The average molecular weight is 236 g/mol. The minimum atomic E-state index is -0.0919. The molecule has 5 heteroatoms. The van der Waals surface area contributed by atoms with Crippen molar-refractivity contribution in [2.45, 2.75) is 13.3 Å². The van der Waals surface area contributed by atoms with Crippen LogP contribution >= 0.6 is 12.4 Å². The highest BCUT2D eigenvalue weighted by Gasteiger charge is 1.98. The molecule has 0 fully saturated rings. The van der Waals surface area contributed by atoms with Crippen molar-refractivity contribution in [3.8, 4) is 11.5 Å². The normalized spacial score (nSPS) is 8.47. The predicted molar refractivity (Wildman–Crippen MR) is 62.5 cm³/mol. The summed E-state index contributed by atoms with van der Waals surface area (Å²) >= 11 is 0. The summed E-state index contributed by atoms with van der Waals surface area (Å²) in [4.78, 5) is 0. The van der Waals surface area contributed by atoms with Gasteiger partial charge in [-0.1, -0.05) is 6.07 Å². The highest BCUT2D eigenvalue weighted by atomic mass is 35.5. The number of benzene rings is 1. The van der Waals surface area contributed by atoms with Crippen LogP contribution in [-0.4, -0.2) is 28.5 Å². The summed E-state index contributed by atoms with van der Waals surface area (Å²) < 4.78 is 0. The number of halogens is 1. The second-order valence-electron chi connectivity index (χ2n) is 2.68. The maximum atomic E-state index is 9.04. The van der Waals surface area contributed by atoms with Gasteiger partial charge in [-0.05, 0) is 37.6 Å². The van der Waals surface area contributed by atoms with Crippen LogP contribution in [-0.2, 0) is 6.42 Å². The third kappa shape index (κ3) is 7.02. The largest absolute Gasteiger partial charge is 0.504 e. The van der Waals surface area contributed by atoms with Crippen molar-refractivity contribution in [2.75, 3.05) is 13.2 Å². The summed E-state index contributed by atoms with van der Waals surface area (Å²) in [6.45, 7) is 2.48. The Bertz CT molecular complexity index is 269. The Hall–Kier alpha value is -0.970. The van der Waals surface area contributed by atoms with Crippen molar-refractivity contribution in [2.24, 2.45) is 5.73 Å². The lowest BCUT2D eigenvalue weighted by atomic mass is 10.1. The molecule has 0 atom stereocenters. The molecule has 0 amide bonds. The van der Waals surface area contributed by atoms with Crippen LogP contribution < -0.4 is 5.73 Å². The second-order valence-corrected chi connectivity index (χ2v) is 2.68. The summed E-state index contributed by atoms with van der Waals surface area (Å²) in [6.07, 6.45) is 0.716. The van der Waals surface area contributed by atoms with Crippen LogP contribution in [0.2, 0.25) is 0 Å². The van der Waals surface area contributed by atoms with Crippen molar-refractivity contribution in [1.82, 2.24) is 0 Å². The Balaban J connectivity index is 0. The molecule has 4 nitrogen and oxygen atoms in total. The van der Waals surface area contributed by atoms with Gasteiger partial charge in [0.2, 0.25) is 0 Å². The number of aliphatic hydroxyl groups excluding tert-OH is 1. The number of nitrogens with two attached hydrogens (primary N) is 1. The molecule has 88 valence electrons. The number of rotatable bonds is 2. The Morgan fingerprint density at radius 2 is 1.73 bits per heavy atom. The summed E-state index contributed by atoms with van der Waals surface area (Å²) in [5.74, 6) is -0.179. The first-order chi connectivity index (χ1) is 6.65. The third-order valence-electron chi connectivity index (χ3n) is 1.47. The maximum absolute atomic E-state index is 9.04. The predicted octanol–water partition coefficient (Wildman–Crippen LogP) is 1.02. The van der Waals surface area contributed by atoms with Crippen molar-refractivity contribution < 1.29 is 15.3 Å². The van der Waals surface area contributed by atoms with E-state index in [0.29, 0.717) is 13.0 Å². The van der Waals surface area contributed by atoms with Gasteiger partial charge in [-0.2, -0.15) is 0 Å². The molecule has 0 saturated carbocycles. The first-order valence-electron chi connectivity index (χ1n) is 4.47. The Morgan fingerprint density at radius 1 is 1.20 bits per heavy atom. The Morgan fingerprint density at radius 3 is 2.13 bits per heavy atom. The molecule has 1 rings (SSSR count). The monoisotopic (exact) mass is 235 g/mol. The molecule has 0 unspecified atom stereocenters. The first kappa shape index (κ1) is 16.5. The molecule has 0 aliphatic rings. The van der Waals surface area contributed by atoms with Crippen molar-refractivity contribution in [3.05, 3.63) is 23.8 Å². The molecule has 15 heavy (non-hydrogen) atoms. The van der Waals surface area contributed by atoms with E-state index in [1.165, 1.54) is 12.1 Å². The quantitative estimate of drug-likeness (QED) is 0.577. The summed E-state index contributed by atoms with van der Waals surface area (Å²) in [5, 5.41) is 25.5. The standard InChI is InChI=1S/C8H11NO2.C2H6O.ClH/c9-4-3-6-1-2-7(10)8(11)5-6;1-2-3;/h1-2,5,10-11H,3-4,9H2;3H,2H2,1H3;1H. The number of hydrogen-bond donors (Lipinski definition) is 4. The van der Waals surface area contributed by atoms with E-state index in [9.17, 15) is 0 Å². The molecule has 0 heterocycles. The Labute approximate surface area is 95.8 Å². The second kappa shape index (κ2) is 9.58. The molecule has 0 aromatic heterocycles. The fourth-order valence-electron chi connectivity index (χ4n) is 0.891. The molecule has 0 saturated heterocycles. The fraction of sp³-hybridized carbons (Fsp3) is 0.400. The molecule has 0 spiro atoms. The van der Waals surface area contributed by atoms with Gasteiger partial charge in [-0.15, -0.1) is 12.4 Å². The van der Waals surface area contributed by atoms with Gasteiger partial charge in [0.25, 0.3) is 0 Å². The van der Waals surface area contributed by atoms with E-state index in [1.807, 2.05) is 0 Å². The van der Waals surface area contributed by atoms with Gasteiger partial charge in [0.15, 0.2) is 11.5 Å². The van der Waals surface area contributed by atoms with Gasteiger partial charge in [0.05, 0.1) is 0 Å². The average Bonchev–Trinajstić information content (AvgIpc) is 2.13. The minimum absolute atomic E-state index is 0. The van der Waals surface area contributed by atoms with Gasteiger partial charge in [-0.25, -0.2) is 0 Å². The molecular weight excluding hydrogens is 218 g/mol. The molecule has 0 aliphatic heterocycles. The van der Waals surface area contributed by atoms with Crippen LogP contribution in [0.4, 0.5) is 0 Å². The van der Waals surface area contributed by atoms with Crippen LogP contribution in [0.5, 0.6) is 11.5 Å². The van der Waals surface area contributed by atoms with E-state index in [-0.39, 0.29) is 30.5 Å². The zero-order valence-corrected chi connectivity index (χ0v) is 9.50. The summed E-state index contributed by atoms with van der Waals surface area (Å²) in [6, 6.07) is 4.71. The summed E-state index contributed by atoms with van der Waals surface area (Å²) in [5.41, 5.74) is 6.24. The minimum Gasteiger partial charge on any atom is -0.504 e. The lowest BCUT2D eigenvalue weighted by molar-refractivity contribution is 0.318. The number of aromatic hydroxyl groups is 2. The fourth-order valence-corrected chi connectivity index (χ4v) is 0.891. The van der Waals surface area contributed by atoms with Gasteiger partial charge < -0.3 is 21.1 Å². The van der Waals surface area contributed by atoms with Gasteiger partial charge >= 0.3 is 0 Å². The Kier molecular flexibility index (Phi) is 10.5. The van der Waals surface area contributed by atoms with E-state index < -0.39 is 0 Å². The first-order valence-corrected chi connectivity index (χ1v) is 4.47. The van der Waals surface area contributed by atoms with Crippen molar-refractivity contribution >= 4 is 12.4 Å². The van der Waals surface area contributed by atoms with Crippen LogP contribution in [0.15, 0.2) is 18.2 Å². The molecule has 0 aliphatic carbocycles. The van der Waals surface area contributed by atoms with Gasteiger partial charge in [0.1, 0.15) is 0 Å². The molecular formula is C10H18ClNO3. The third-order valence-corrected chi connectivity index (χ3v) is 1.47. The molecule has 1 aromatic carbocycles. The highest BCUT2D eigenvalue weighted by Crippen LogP contribution is 2.24. The maximum Gasteiger partial charge on any atom is 0.157 e. The smallest absolute Gasteiger partial charge is 0.157 e. The van der Waals surface area contributed by atoms with Crippen molar-refractivity contribution in [1.29, 1.82) is 0 Å². The number of aliphatic hydroxyl groups is 1. The van der Waals surface area contributed by atoms with Gasteiger partial charge in [0, 0.05) is 6.61 Å². The SMILES string of the molecule is CCO.Cl.NCCc1ccc(O)c(O)c1. The topological polar surface area (TPSA) is 86.7 Å². The van der Waals surface area contributed by atoms with Gasteiger partial charge in [-0.3, -0.25) is 0 Å². The lowest BCUT2D eigenvalue weighted by Crippen LogP contribution is -2.02. The van der Waals surface area contributed by atoms with Crippen LogP contribution in [0.1, 0.15) is 12.5 Å². The zero-order chi connectivity index (χ0) is 11.0. The number of phenols is 2. The van der Waals surface area contributed by atoms with Crippen LogP contribution in [0, 0.1) is 0 Å². The van der Waals surface area contributed by atoms with E-state index in [0.717, 1.165) is 5.56 Å². The number of hydrogen-bond acceptors (Lipinski definition) is 4. The van der Waals surface area contributed by atoms with Crippen LogP contribution in [0.3, 0.4) is 0 Å². The van der Waals surface area contributed by atoms with Crippen LogP contribution in [0.25, 0.3) is 0 Å². The van der Waals surface area contributed by atoms with E-state index in [4.69, 9.17) is 21.1 Å². The van der Waals surface area contributed by atoms with E-state index in [1.54, 1.807) is 13.0 Å². The number of phenolic OH excluding ortho intramolecular Hbond substituents is 2. The lowest BCUT2D eigenvalue weighted by Gasteiger charge is -2.00. The molecule has 0 bridgehead atoms.